The van der Waals surface area contributed by atoms with Gasteiger partial charge in [-0.05, 0) is 46.0 Å². The Morgan fingerprint density at radius 3 is 2.48 bits per heavy atom. The third-order valence-corrected chi connectivity index (χ3v) is 4.76. The van der Waals surface area contributed by atoms with E-state index in [1.54, 1.807) is 9.80 Å². The fourth-order valence-electron chi connectivity index (χ4n) is 3.52. The number of fused-ring (bicyclic) bond motifs is 1. The standard InChI is InChI=1S/C18H31N3O4/c1-5-6-15(22)19-11-16(23)20-9-7-13-8-10-21(14(13)12-20)17(24)25-18(2,3)4/h13-14H,5-12H2,1-4H3,(H,19,22). The zero-order valence-electron chi connectivity index (χ0n) is 15.8. The fraction of sp³-hybridized carbons (Fsp3) is 0.833. The summed E-state index contributed by atoms with van der Waals surface area (Å²) in [6.07, 6.45) is 2.74. The molecule has 2 rings (SSSR count). The lowest BCUT2D eigenvalue weighted by atomic mass is 9.92. The van der Waals surface area contributed by atoms with Crippen LogP contribution in [0.15, 0.2) is 0 Å². The maximum Gasteiger partial charge on any atom is 0.410 e. The average molecular weight is 353 g/mol. The summed E-state index contributed by atoms with van der Waals surface area (Å²) < 4.78 is 5.50. The molecule has 0 radical (unpaired) electrons. The molecule has 7 heteroatoms. The number of likely N-dealkylation sites (tertiary alicyclic amines) is 2. The minimum atomic E-state index is -0.525. The molecule has 0 saturated carbocycles. The summed E-state index contributed by atoms with van der Waals surface area (Å²) in [5, 5.41) is 2.67. The number of rotatable bonds is 4. The second kappa shape index (κ2) is 8.06. The van der Waals surface area contributed by atoms with E-state index in [-0.39, 0.29) is 30.5 Å². The molecule has 2 heterocycles. The first-order valence-electron chi connectivity index (χ1n) is 9.25. The normalized spacial score (nSPS) is 23.2. The highest BCUT2D eigenvalue weighted by atomic mass is 16.6. The molecule has 2 atom stereocenters. The van der Waals surface area contributed by atoms with Crippen molar-refractivity contribution in [2.45, 2.75) is 65.0 Å². The van der Waals surface area contributed by atoms with Gasteiger partial charge in [-0.2, -0.15) is 0 Å². The SMILES string of the molecule is CCCC(=O)NCC(=O)N1CCC2CCN(C(=O)OC(C)(C)C)C2C1. The van der Waals surface area contributed by atoms with Crippen molar-refractivity contribution in [3.63, 3.8) is 0 Å². The smallest absolute Gasteiger partial charge is 0.410 e. The third-order valence-electron chi connectivity index (χ3n) is 4.76. The second-order valence-corrected chi connectivity index (χ2v) is 7.94. The number of hydrogen-bond acceptors (Lipinski definition) is 4. The predicted molar refractivity (Wildman–Crippen MR) is 93.9 cm³/mol. The maximum atomic E-state index is 12.4. The van der Waals surface area contributed by atoms with Crippen LogP contribution in [-0.4, -0.2) is 65.5 Å². The highest BCUT2D eigenvalue weighted by molar-refractivity contribution is 5.84. The Labute approximate surface area is 150 Å². The molecule has 2 aliphatic rings. The van der Waals surface area contributed by atoms with Gasteiger partial charge < -0.3 is 19.9 Å². The summed E-state index contributed by atoms with van der Waals surface area (Å²) in [5.41, 5.74) is -0.525. The van der Waals surface area contributed by atoms with Gasteiger partial charge in [0.1, 0.15) is 5.60 Å². The molecule has 0 bridgehead atoms. The Kier molecular flexibility index (Phi) is 6.30. The molecule has 3 amide bonds. The van der Waals surface area contributed by atoms with Gasteiger partial charge in [-0.15, -0.1) is 0 Å². The minimum Gasteiger partial charge on any atom is -0.444 e. The van der Waals surface area contributed by atoms with Crippen LogP contribution in [0, 0.1) is 5.92 Å². The van der Waals surface area contributed by atoms with Crippen molar-refractivity contribution in [2.75, 3.05) is 26.2 Å². The fourth-order valence-corrected chi connectivity index (χ4v) is 3.52. The van der Waals surface area contributed by atoms with Crippen LogP contribution in [0.3, 0.4) is 0 Å². The first-order valence-corrected chi connectivity index (χ1v) is 9.25. The number of nitrogens with one attached hydrogen (secondary N) is 1. The van der Waals surface area contributed by atoms with Crippen LogP contribution in [0.1, 0.15) is 53.4 Å². The summed E-state index contributed by atoms with van der Waals surface area (Å²) in [4.78, 5) is 39.9. The number of nitrogens with zero attached hydrogens (tertiary/aromatic N) is 2. The molecule has 142 valence electrons. The van der Waals surface area contributed by atoms with Gasteiger partial charge in [-0.1, -0.05) is 6.92 Å². The number of carbonyl (C=O) groups excluding carboxylic acids is 3. The second-order valence-electron chi connectivity index (χ2n) is 7.94. The van der Waals surface area contributed by atoms with Crippen molar-refractivity contribution >= 4 is 17.9 Å². The molecule has 0 aromatic rings. The zero-order chi connectivity index (χ0) is 18.6. The Balaban J connectivity index is 1.91. The van der Waals surface area contributed by atoms with Crippen LogP contribution in [-0.2, 0) is 14.3 Å². The van der Waals surface area contributed by atoms with Crippen molar-refractivity contribution < 1.29 is 19.1 Å². The van der Waals surface area contributed by atoms with Crippen LogP contribution in [0.25, 0.3) is 0 Å². The van der Waals surface area contributed by atoms with Gasteiger partial charge in [-0.25, -0.2) is 4.79 Å². The molecule has 1 N–H and O–H groups in total. The molecule has 0 spiro atoms. The van der Waals surface area contributed by atoms with E-state index in [0.29, 0.717) is 32.0 Å². The van der Waals surface area contributed by atoms with E-state index >= 15 is 0 Å². The summed E-state index contributed by atoms with van der Waals surface area (Å²) in [5.74, 6) is 0.243. The quantitative estimate of drug-likeness (QED) is 0.835. The maximum absolute atomic E-state index is 12.4. The molecular weight excluding hydrogens is 322 g/mol. The molecule has 2 saturated heterocycles. The summed E-state index contributed by atoms with van der Waals surface area (Å²) in [6, 6.07) is 0.0129. The van der Waals surface area contributed by atoms with E-state index in [9.17, 15) is 14.4 Å². The van der Waals surface area contributed by atoms with E-state index in [1.165, 1.54) is 0 Å². The van der Waals surface area contributed by atoms with Gasteiger partial charge in [-0.3, -0.25) is 9.59 Å². The minimum absolute atomic E-state index is 0.0129. The number of amides is 3. The largest absolute Gasteiger partial charge is 0.444 e. The first kappa shape index (κ1) is 19.5. The van der Waals surface area contributed by atoms with Crippen molar-refractivity contribution in [3.8, 4) is 0 Å². The molecule has 0 aromatic carbocycles. The van der Waals surface area contributed by atoms with E-state index in [1.807, 2.05) is 27.7 Å². The van der Waals surface area contributed by atoms with Gasteiger partial charge in [0, 0.05) is 26.1 Å². The van der Waals surface area contributed by atoms with Gasteiger partial charge in [0.05, 0.1) is 12.6 Å². The van der Waals surface area contributed by atoms with Crippen LogP contribution >= 0.6 is 0 Å². The van der Waals surface area contributed by atoms with Gasteiger partial charge in [0.15, 0.2) is 0 Å². The Bertz CT molecular complexity index is 515. The van der Waals surface area contributed by atoms with E-state index in [2.05, 4.69) is 5.32 Å². The van der Waals surface area contributed by atoms with Crippen LogP contribution in [0.2, 0.25) is 0 Å². The monoisotopic (exact) mass is 353 g/mol. The Morgan fingerprint density at radius 2 is 1.84 bits per heavy atom. The Morgan fingerprint density at radius 1 is 1.16 bits per heavy atom. The lowest BCUT2D eigenvalue weighted by Gasteiger charge is -2.38. The van der Waals surface area contributed by atoms with Gasteiger partial charge >= 0.3 is 6.09 Å². The molecule has 2 unspecified atom stereocenters. The van der Waals surface area contributed by atoms with Crippen molar-refractivity contribution in [3.05, 3.63) is 0 Å². The number of ether oxygens (including phenoxy) is 1. The average Bonchev–Trinajstić information content (AvgIpc) is 2.94. The van der Waals surface area contributed by atoms with Crippen molar-refractivity contribution in [2.24, 2.45) is 5.92 Å². The van der Waals surface area contributed by atoms with Crippen LogP contribution in [0.5, 0.6) is 0 Å². The molecule has 7 nitrogen and oxygen atoms in total. The predicted octanol–water partition coefficient (Wildman–Crippen LogP) is 1.76. The highest BCUT2D eigenvalue weighted by Crippen LogP contribution is 2.32. The molecule has 2 aliphatic heterocycles. The topological polar surface area (TPSA) is 79.0 Å². The van der Waals surface area contributed by atoms with Gasteiger partial charge in [0.25, 0.3) is 0 Å². The van der Waals surface area contributed by atoms with E-state index in [4.69, 9.17) is 4.74 Å². The molecule has 0 aromatic heterocycles. The van der Waals surface area contributed by atoms with Gasteiger partial charge in [0.2, 0.25) is 11.8 Å². The van der Waals surface area contributed by atoms with Crippen molar-refractivity contribution in [1.82, 2.24) is 15.1 Å². The lowest BCUT2D eigenvalue weighted by Crippen LogP contribution is -2.53. The van der Waals surface area contributed by atoms with Crippen LogP contribution < -0.4 is 5.32 Å². The molecule has 2 fully saturated rings. The molecule has 0 aliphatic carbocycles. The number of carbonyl (C=O) groups is 3. The Hall–Kier alpha value is -1.79. The summed E-state index contributed by atoms with van der Waals surface area (Å²) in [7, 11) is 0. The summed E-state index contributed by atoms with van der Waals surface area (Å²) in [6.45, 7) is 9.41. The highest BCUT2D eigenvalue weighted by Gasteiger charge is 2.42. The molecular formula is C18H31N3O4. The van der Waals surface area contributed by atoms with E-state index in [0.717, 1.165) is 19.3 Å². The van der Waals surface area contributed by atoms with Crippen LogP contribution in [0.4, 0.5) is 4.79 Å². The zero-order valence-corrected chi connectivity index (χ0v) is 15.8. The third kappa shape index (κ3) is 5.34. The molecule has 25 heavy (non-hydrogen) atoms. The number of hydrogen-bond donors (Lipinski definition) is 1. The summed E-state index contributed by atoms with van der Waals surface area (Å²) >= 11 is 0. The number of piperidine rings is 1. The van der Waals surface area contributed by atoms with Crippen molar-refractivity contribution in [1.29, 1.82) is 0 Å². The first-order chi connectivity index (χ1) is 11.7. The van der Waals surface area contributed by atoms with E-state index < -0.39 is 5.60 Å². The lowest BCUT2D eigenvalue weighted by molar-refractivity contribution is -0.134.